The fourth-order valence-electron chi connectivity index (χ4n) is 3.98. The summed E-state index contributed by atoms with van der Waals surface area (Å²) in [5.74, 6) is 1.67. The van der Waals surface area contributed by atoms with Gasteiger partial charge in [-0.15, -0.1) is 11.6 Å². The second-order valence-corrected chi connectivity index (χ2v) is 7.99. The number of rotatable bonds is 9. The zero-order valence-electron chi connectivity index (χ0n) is 18.1. The first-order valence-electron chi connectivity index (χ1n) is 10.7. The molecule has 0 atom stereocenters. The first-order chi connectivity index (χ1) is 16.7. The summed E-state index contributed by atoms with van der Waals surface area (Å²) in [5, 5.41) is 5.98. The van der Waals surface area contributed by atoms with Crippen LogP contribution in [0.25, 0.3) is 33.2 Å². The molecule has 170 valence electrons. The molecule has 3 aromatic carbocycles. The van der Waals surface area contributed by atoms with E-state index in [1.807, 2.05) is 54.6 Å². The number of alkyl halides is 1. The van der Waals surface area contributed by atoms with Crippen LogP contribution in [0.1, 0.15) is 5.56 Å². The van der Waals surface area contributed by atoms with E-state index in [2.05, 4.69) is 5.10 Å². The van der Waals surface area contributed by atoms with E-state index in [4.69, 9.17) is 21.1 Å². The number of benzene rings is 3. The third kappa shape index (κ3) is 4.02. The van der Waals surface area contributed by atoms with Crippen molar-refractivity contribution in [3.05, 3.63) is 78.4 Å². The smallest absolute Gasteiger partial charge is 0.234 e. The number of carbonyl (C=O) groups excluding carboxylic acids is 2. The maximum atomic E-state index is 12.1. The molecule has 0 aliphatic heterocycles. The van der Waals surface area contributed by atoms with Crippen LogP contribution < -0.4 is 9.47 Å². The summed E-state index contributed by atoms with van der Waals surface area (Å²) in [6.07, 6.45) is 1.38. The molecule has 0 spiro atoms. The van der Waals surface area contributed by atoms with Crippen molar-refractivity contribution < 1.29 is 19.1 Å². The number of hydrogen-bond donors (Lipinski definition) is 0. The third-order valence-corrected chi connectivity index (χ3v) is 5.68. The molecule has 0 saturated carbocycles. The summed E-state index contributed by atoms with van der Waals surface area (Å²) in [7, 11) is 0. The molecule has 0 aliphatic carbocycles. The van der Waals surface area contributed by atoms with Crippen molar-refractivity contribution in [2.45, 2.75) is 6.61 Å². The van der Waals surface area contributed by atoms with Crippen LogP contribution in [0.5, 0.6) is 11.5 Å². The van der Waals surface area contributed by atoms with Gasteiger partial charge < -0.3 is 9.47 Å². The molecule has 0 saturated heterocycles. The molecule has 2 aromatic heterocycles. The maximum absolute atomic E-state index is 12.1. The lowest BCUT2D eigenvalue weighted by molar-refractivity contribution is 0.306. The average Bonchev–Trinajstić information content (AvgIpc) is 3.43. The molecule has 0 aliphatic rings. The van der Waals surface area contributed by atoms with Crippen LogP contribution in [-0.2, 0) is 16.2 Å². The van der Waals surface area contributed by atoms with Gasteiger partial charge >= 0.3 is 0 Å². The minimum Gasteiger partial charge on any atom is -0.492 e. The Morgan fingerprint density at radius 1 is 0.853 bits per heavy atom. The second-order valence-electron chi connectivity index (χ2n) is 7.61. The highest BCUT2D eigenvalue weighted by atomic mass is 35.5. The van der Waals surface area contributed by atoms with Gasteiger partial charge in [-0.3, -0.25) is 14.2 Å². The first kappa shape index (κ1) is 21.7. The number of ether oxygens (including phenoxy) is 2. The summed E-state index contributed by atoms with van der Waals surface area (Å²) < 4.78 is 14.4. The third-order valence-electron chi connectivity index (χ3n) is 5.53. The molecule has 0 bridgehead atoms. The lowest BCUT2D eigenvalue weighted by atomic mass is 10.1. The lowest BCUT2D eigenvalue weighted by Gasteiger charge is -2.07. The molecule has 34 heavy (non-hydrogen) atoms. The van der Waals surface area contributed by atoms with E-state index in [1.54, 1.807) is 18.2 Å². The monoisotopic (exact) mass is 473 g/mol. The Hall–Kier alpha value is -4.10. The molecule has 0 radical (unpaired) electrons. The van der Waals surface area contributed by atoms with Crippen LogP contribution >= 0.6 is 11.6 Å². The van der Waals surface area contributed by atoms with Gasteiger partial charge in [-0.2, -0.15) is 5.10 Å². The molecule has 0 fully saturated rings. The molecule has 0 unspecified atom stereocenters. The van der Waals surface area contributed by atoms with Crippen LogP contribution in [0.15, 0.2) is 72.8 Å². The molecule has 5 rings (SSSR count). The van der Waals surface area contributed by atoms with Crippen molar-refractivity contribution >= 4 is 46.2 Å². The van der Waals surface area contributed by atoms with Crippen molar-refractivity contribution in [2.75, 3.05) is 12.5 Å². The summed E-state index contributed by atoms with van der Waals surface area (Å²) in [6, 6.07) is 22.6. The Labute approximate surface area is 200 Å². The van der Waals surface area contributed by atoms with Gasteiger partial charge in [0, 0.05) is 10.8 Å². The number of halogens is 1. The number of fused-ring (bicyclic) bond motifs is 2. The van der Waals surface area contributed by atoms with Crippen molar-refractivity contribution in [3.63, 3.8) is 0 Å². The first-order valence-corrected chi connectivity index (χ1v) is 11.2. The molecule has 0 N–H and O–H groups in total. The molecular weight excluding hydrogens is 454 g/mol. The highest BCUT2D eigenvalue weighted by Gasteiger charge is 2.19. The topological polar surface area (TPSA) is 75.4 Å². The van der Waals surface area contributed by atoms with E-state index in [0.29, 0.717) is 64.8 Å². The molecular formula is C26H20ClN3O4. The maximum Gasteiger partial charge on any atom is 0.234 e. The van der Waals surface area contributed by atoms with Gasteiger partial charge in [0.05, 0.1) is 22.6 Å². The van der Waals surface area contributed by atoms with E-state index < -0.39 is 0 Å². The minimum atomic E-state index is 0.377. The van der Waals surface area contributed by atoms with Crippen LogP contribution in [0, 0.1) is 0 Å². The standard InChI is InChI=1S/C26H20ClN3O4/c27-10-11-33-20-6-8-23-19(12-20)13-25(29(23)16-31)26-22-14-21(7-9-24(22)30(17-32)28-26)34-15-18-4-2-1-3-5-18/h1-9,12-14,16-17H,10-11,15H2. The normalized spacial score (nSPS) is 11.1. The summed E-state index contributed by atoms with van der Waals surface area (Å²) >= 11 is 5.72. The fraction of sp³-hybridized carbons (Fsp3) is 0.115. The van der Waals surface area contributed by atoms with E-state index in [-0.39, 0.29) is 0 Å². The highest BCUT2D eigenvalue weighted by molar-refractivity contribution is 6.18. The van der Waals surface area contributed by atoms with E-state index in [0.717, 1.165) is 17.4 Å². The quantitative estimate of drug-likeness (QED) is 0.224. The Morgan fingerprint density at radius 2 is 1.62 bits per heavy atom. The Bertz CT molecular complexity index is 1490. The number of nitrogens with zero attached hydrogens (tertiary/aromatic N) is 3. The zero-order valence-corrected chi connectivity index (χ0v) is 18.8. The van der Waals surface area contributed by atoms with Gasteiger partial charge in [0.1, 0.15) is 30.4 Å². The van der Waals surface area contributed by atoms with Crippen molar-refractivity contribution in [1.29, 1.82) is 0 Å². The molecule has 7 nitrogen and oxygen atoms in total. The average molecular weight is 474 g/mol. The molecule has 0 amide bonds. The van der Waals surface area contributed by atoms with E-state index in [1.165, 1.54) is 9.25 Å². The second kappa shape index (κ2) is 9.41. The van der Waals surface area contributed by atoms with Crippen molar-refractivity contribution in [3.8, 4) is 22.9 Å². The SMILES string of the molecule is O=Cn1nc(-c2cc3cc(OCCCl)ccc3n2C=O)c2cc(OCc3ccccc3)ccc21. The van der Waals surface area contributed by atoms with Crippen LogP contribution in [0.3, 0.4) is 0 Å². The molecule has 5 aromatic rings. The van der Waals surface area contributed by atoms with Gasteiger partial charge in [-0.25, -0.2) is 4.68 Å². The van der Waals surface area contributed by atoms with E-state index >= 15 is 0 Å². The van der Waals surface area contributed by atoms with Crippen LogP contribution in [0.4, 0.5) is 0 Å². The predicted molar refractivity (Wildman–Crippen MR) is 132 cm³/mol. The van der Waals surface area contributed by atoms with Gasteiger partial charge in [0.2, 0.25) is 12.8 Å². The van der Waals surface area contributed by atoms with Crippen molar-refractivity contribution in [2.24, 2.45) is 0 Å². The number of hydrogen-bond acceptors (Lipinski definition) is 5. The summed E-state index contributed by atoms with van der Waals surface area (Å²) in [5.41, 5.74) is 3.42. The molecule has 8 heteroatoms. The predicted octanol–water partition coefficient (Wildman–Crippen LogP) is 4.93. The van der Waals surface area contributed by atoms with Gasteiger partial charge in [-0.1, -0.05) is 30.3 Å². The minimum absolute atomic E-state index is 0.377. The zero-order chi connectivity index (χ0) is 23.5. The van der Waals surface area contributed by atoms with Crippen molar-refractivity contribution in [1.82, 2.24) is 14.3 Å². The fourth-order valence-corrected chi connectivity index (χ4v) is 4.05. The lowest BCUT2D eigenvalue weighted by Crippen LogP contribution is -2.00. The van der Waals surface area contributed by atoms with Crippen LogP contribution in [0.2, 0.25) is 0 Å². The van der Waals surface area contributed by atoms with Gasteiger partial charge in [0.15, 0.2) is 0 Å². The summed E-state index contributed by atoms with van der Waals surface area (Å²) in [4.78, 5) is 23.8. The number of aromatic nitrogens is 3. The van der Waals surface area contributed by atoms with E-state index in [9.17, 15) is 9.59 Å². The Balaban J connectivity index is 1.59. The van der Waals surface area contributed by atoms with Gasteiger partial charge in [-0.05, 0) is 48.0 Å². The Morgan fingerprint density at radius 3 is 2.35 bits per heavy atom. The Kier molecular flexibility index (Phi) is 6.01. The largest absolute Gasteiger partial charge is 0.492 e. The highest BCUT2D eigenvalue weighted by Crippen LogP contribution is 2.35. The molecule has 2 heterocycles. The summed E-state index contributed by atoms with van der Waals surface area (Å²) in [6.45, 7) is 0.789. The van der Waals surface area contributed by atoms with Crippen LogP contribution in [-0.4, -0.2) is 39.7 Å². The number of carbonyl (C=O) groups is 2. The van der Waals surface area contributed by atoms with Gasteiger partial charge in [0.25, 0.3) is 0 Å².